The Kier molecular flexibility index (Phi) is 4.81. The fraction of sp³-hybridized carbons (Fsp3) is 0.909. The molecular formula is C11H29NOSi3. The third-order valence-corrected chi connectivity index (χ3v) is 10.8. The van der Waals surface area contributed by atoms with Crippen molar-refractivity contribution in [2.45, 2.75) is 65.0 Å². The fourth-order valence-electron chi connectivity index (χ4n) is 2.29. The summed E-state index contributed by atoms with van der Waals surface area (Å²) in [7, 11) is -4.32. The summed E-state index contributed by atoms with van der Waals surface area (Å²) >= 11 is 0. The van der Waals surface area contributed by atoms with E-state index in [0.29, 0.717) is 5.91 Å². The zero-order valence-corrected chi connectivity index (χ0v) is 15.6. The summed E-state index contributed by atoms with van der Waals surface area (Å²) in [5, 5.41) is 0. The van der Waals surface area contributed by atoms with Crippen LogP contribution in [0.2, 0.25) is 65.0 Å². The van der Waals surface area contributed by atoms with Gasteiger partial charge < -0.3 is 4.23 Å². The molecule has 0 aliphatic carbocycles. The number of carbonyl (C=O) groups excluding carboxylic acids is 1. The second-order valence-electron chi connectivity index (χ2n) is 7.81. The summed E-state index contributed by atoms with van der Waals surface area (Å²) in [6.07, 6.45) is 0. The topological polar surface area (TPSA) is 20.3 Å². The van der Waals surface area contributed by atoms with E-state index in [2.05, 4.69) is 63.2 Å². The second kappa shape index (κ2) is 4.78. The number of nitrogens with zero attached hydrogens (tertiary/aromatic N) is 1. The fourth-order valence-corrected chi connectivity index (χ4v) is 13.4. The summed E-state index contributed by atoms with van der Waals surface area (Å²) in [5.41, 5.74) is 0. The predicted molar refractivity (Wildman–Crippen MR) is 81.7 cm³/mol. The first kappa shape index (κ1) is 16.1. The Hall–Kier alpha value is 0.121. The molecule has 16 heavy (non-hydrogen) atoms. The number of hydrogen-bond donors (Lipinski definition) is 0. The molecule has 0 aromatic carbocycles. The molecule has 0 saturated heterocycles. The maximum Gasteiger partial charge on any atom is 0.204 e. The minimum absolute atomic E-state index is 0.428. The predicted octanol–water partition coefficient (Wildman–Crippen LogP) is 3.82. The Morgan fingerprint density at radius 1 is 0.812 bits per heavy atom. The first-order valence-electron chi connectivity index (χ1n) is 6.08. The van der Waals surface area contributed by atoms with E-state index in [0.717, 1.165) is 6.04 Å². The van der Waals surface area contributed by atoms with Gasteiger partial charge in [0, 0.05) is 6.04 Å². The standard InChI is InChI=1S/C11H29NOSi3/c1-14(2,3)10-11(13)12(15(4,5)6)16(7,8)9/h10H2,1-9H3. The van der Waals surface area contributed by atoms with Crippen LogP contribution in [0.5, 0.6) is 0 Å². The molecule has 0 spiro atoms. The molecule has 0 heterocycles. The quantitative estimate of drug-likeness (QED) is 0.714. The molecule has 0 radical (unpaired) electrons. The first-order valence-corrected chi connectivity index (χ1v) is 16.7. The molecule has 0 aromatic heterocycles. The molecule has 0 unspecified atom stereocenters. The molecular weight excluding hydrogens is 246 g/mol. The summed E-state index contributed by atoms with van der Waals surface area (Å²) in [5.74, 6) is 0.428. The molecule has 0 N–H and O–H groups in total. The molecule has 0 saturated carbocycles. The summed E-state index contributed by atoms with van der Waals surface area (Å²) in [6.45, 7) is 20.5. The van der Waals surface area contributed by atoms with Gasteiger partial charge in [0.15, 0.2) is 0 Å². The van der Waals surface area contributed by atoms with Crippen molar-refractivity contribution >= 4 is 30.5 Å². The van der Waals surface area contributed by atoms with Crippen molar-refractivity contribution in [2.75, 3.05) is 0 Å². The zero-order chi connectivity index (χ0) is 13.4. The van der Waals surface area contributed by atoms with Gasteiger partial charge in [0.1, 0.15) is 16.5 Å². The lowest BCUT2D eigenvalue weighted by Gasteiger charge is -2.44. The van der Waals surface area contributed by atoms with E-state index in [1.54, 1.807) is 0 Å². The van der Waals surface area contributed by atoms with Crippen molar-refractivity contribution < 1.29 is 4.79 Å². The molecule has 0 aliphatic heterocycles. The molecule has 0 fully saturated rings. The van der Waals surface area contributed by atoms with Crippen LogP contribution in [0.4, 0.5) is 0 Å². The monoisotopic (exact) mass is 275 g/mol. The Morgan fingerprint density at radius 3 is 1.31 bits per heavy atom. The number of carbonyl (C=O) groups is 1. The molecule has 0 aliphatic rings. The lowest BCUT2D eigenvalue weighted by Crippen LogP contribution is -2.62. The largest absolute Gasteiger partial charge is 0.396 e. The van der Waals surface area contributed by atoms with Crippen LogP contribution in [-0.4, -0.2) is 34.7 Å². The minimum atomic E-state index is -1.52. The van der Waals surface area contributed by atoms with Crippen molar-refractivity contribution in [3.05, 3.63) is 0 Å². The van der Waals surface area contributed by atoms with Crippen LogP contribution in [0.1, 0.15) is 0 Å². The van der Waals surface area contributed by atoms with Gasteiger partial charge in [-0.2, -0.15) is 0 Å². The van der Waals surface area contributed by atoms with Crippen molar-refractivity contribution in [2.24, 2.45) is 0 Å². The van der Waals surface area contributed by atoms with E-state index in [1.807, 2.05) is 0 Å². The van der Waals surface area contributed by atoms with E-state index in [9.17, 15) is 4.79 Å². The van der Waals surface area contributed by atoms with Crippen LogP contribution < -0.4 is 0 Å². The van der Waals surface area contributed by atoms with Gasteiger partial charge in [0.25, 0.3) is 0 Å². The molecule has 0 aromatic rings. The molecule has 96 valence electrons. The number of rotatable bonds is 4. The van der Waals surface area contributed by atoms with Crippen LogP contribution in [-0.2, 0) is 4.79 Å². The van der Waals surface area contributed by atoms with Crippen molar-refractivity contribution in [3.8, 4) is 0 Å². The van der Waals surface area contributed by atoms with Gasteiger partial charge >= 0.3 is 0 Å². The summed E-state index contributed by atoms with van der Waals surface area (Å²) in [4.78, 5) is 12.5. The van der Waals surface area contributed by atoms with Crippen LogP contribution in [0.15, 0.2) is 0 Å². The Bertz CT molecular complexity index is 244. The van der Waals surface area contributed by atoms with Crippen LogP contribution in [0.3, 0.4) is 0 Å². The third kappa shape index (κ3) is 5.45. The van der Waals surface area contributed by atoms with Crippen LogP contribution >= 0.6 is 0 Å². The van der Waals surface area contributed by atoms with Crippen molar-refractivity contribution in [1.29, 1.82) is 0 Å². The van der Waals surface area contributed by atoms with Gasteiger partial charge in [-0.05, 0) is 0 Å². The maximum absolute atomic E-state index is 12.5. The van der Waals surface area contributed by atoms with Gasteiger partial charge in [0.2, 0.25) is 5.91 Å². The normalized spacial score (nSPS) is 13.8. The molecule has 1 amide bonds. The highest BCUT2D eigenvalue weighted by Crippen LogP contribution is 2.23. The van der Waals surface area contributed by atoms with Gasteiger partial charge in [-0.3, -0.25) is 4.79 Å². The Morgan fingerprint density at radius 2 is 1.12 bits per heavy atom. The molecule has 0 bridgehead atoms. The van der Waals surface area contributed by atoms with E-state index < -0.39 is 24.5 Å². The maximum atomic E-state index is 12.5. The highest BCUT2D eigenvalue weighted by molar-refractivity contribution is 6.93. The number of hydrogen-bond acceptors (Lipinski definition) is 1. The van der Waals surface area contributed by atoms with E-state index >= 15 is 0 Å². The summed E-state index contributed by atoms with van der Waals surface area (Å²) in [6, 6.07) is 0.807. The van der Waals surface area contributed by atoms with Crippen LogP contribution in [0.25, 0.3) is 0 Å². The van der Waals surface area contributed by atoms with Gasteiger partial charge in [-0.25, -0.2) is 0 Å². The first-order chi connectivity index (χ1) is 6.75. The van der Waals surface area contributed by atoms with Gasteiger partial charge in [-0.1, -0.05) is 58.9 Å². The highest BCUT2D eigenvalue weighted by Gasteiger charge is 2.39. The average molecular weight is 276 g/mol. The van der Waals surface area contributed by atoms with Crippen molar-refractivity contribution in [1.82, 2.24) is 4.23 Å². The molecule has 0 atom stereocenters. The number of amides is 1. The smallest absolute Gasteiger partial charge is 0.204 e. The molecule has 2 nitrogen and oxygen atoms in total. The second-order valence-corrected chi connectivity index (χ2v) is 23.3. The van der Waals surface area contributed by atoms with Crippen molar-refractivity contribution in [3.63, 3.8) is 0 Å². The molecule has 0 rings (SSSR count). The van der Waals surface area contributed by atoms with Crippen LogP contribution in [0, 0.1) is 0 Å². The SMILES string of the molecule is C[Si](C)(C)CC(=O)N([Si](C)(C)C)[Si](C)(C)C. The Balaban J connectivity index is 5.03. The highest BCUT2D eigenvalue weighted by atomic mass is 28.4. The van der Waals surface area contributed by atoms with Gasteiger partial charge in [0.05, 0.1) is 8.07 Å². The van der Waals surface area contributed by atoms with E-state index in [4.69, 9.17) is 0 Å². The van der Waals surface area contributed by atoms with E-state index in [1.165, 1.54) is 0 Å². The van der Waals surface area contributed by atoms with E-state index in [-0.39, 0.29) is 0 Å². The van der Waals surface area contributed by atoms with Gasteiger partial charge in [-0.15, -0.1) is 0 Å². The third-order valence-electron chi connectivity index (χ3n) is 2.27. The average Bonchev–Trinajstić information content (AvgIpc) is 1.70. The lowest BCUT2D eigenvalue weighted by molar-refractivity contribution is -0.122. The molecule has 5 heteroatoms. The minimum Gasteiger partial charge on any atom is -0.396 e. The summed E-state index contributed by atoms with van der Waals surface area (Å²) < 4.78 is 2.32. The lowest BCUT2D eigenvalue weighted by atomic mass is 10.8. The zero-order valence-electron chi connectivity index (χ0n) is 12.6. The Labute approximate surface area is 105 Å².